The number of aromatic carboxylic acids is 1. The molecule has 0 atom stereocenters. The maximum absolute atomic E-state index is 10.7. The molecule has 0 N–H and O–H groups in total. The van der Waals surface area contributed by atoms with E-state index < -0.39 is 16.1 Å². The van der Waals surface area contributed by atoms with E-state index in [2.05, 4.69) is 18.8 Å². The van der Waals surface area contributed by atoms with Gasteiger partial charge in [-0.3, -0.25) is 0 Å². The van der Waals surface area contributed by atoms with Gasteiger partial charge in [0.1, 0.15) is 5.75 Å². The topological polar surface area (TPSA) is 119 Å². The number of carbonyl (C=O) groups excluding carboxylic acids is 1. The Hall–Kier alpha value is -1.39. The van der Waals surface area contributed by atoms with Crippen LogP contribution in [0.3, 0.4) is 0 Å². The third kappa shape index (κ3) is 16.5. The molecule has 4 radical (unpaired) electrons. The molecule has 0 fully saturated rings. The van der Waals surface area contributed by atoms with Crippen LogP contribution in [0.1, 0.15) is 37.2 Å². The van der Waals surface area contributed by atoms with Gasteiger partial charge in [0.2, 0.25) is 0 Å². The summed E-state index contributed by atoms with van der Waals surface area (Å²) in [6, 6.07) is 8.53. The standard InChI is InChI=1S/C11H9NO3.2C3H7.CH4O3S.Sn/c1-15-10-6-9(11(13)14)12-8-5-3-2-4-7(8)10;2*1-3-2;1-5(2,3)4;/h2-6H,1H3,(H,13,14);2*1,3H2,2H3;1H3,(H,2,3,4);/q;;;;+2/p-2. The third-order valence-corrected chi connectivity index (χ3v) is 2.11. The average Bonchev–Trinajstić information content (AvgIpc) is 2.53. The summed E-state index contributed by atoms with van der Waals surface area (Å²) < 4.78 is 32.3. The van der Waals surface area contributed by atoms with Crippen molar-refractivity contribution in [3.8, 4) is 5.75 Å². The number of aromatic nitrogens is 1. The van der Waals surface area contributed by atoms with Gasteiger partial charge in [0.15, 0.2) is 0 Å². The Balaban J connectivity index is -0.000000404. The first kappa shape index (κ1) is 30.3. The van der Waals surface area contributed by atoms with E-state index >= 15 is 0 Å². The molecule has 1 heterocycles. The predicted octanol–water partition coefficient (Wildman–Crippen LogP) is 1.85. The van der Waals surface area contributed by atoms with Crippen LogP contribution >= 0.6 is 0 Å². The average molecular weight is 502 g/mol. The summed E-state index contributed by atoms with van der Waals surface area (Å²) in [6.45, 7) is 11.0. The first-order valence-electron chi connectivity index (χ1n) is 7.69. The third-order valence-electron chi connectivity index (χ3n) is 2.11. The van der Waals surface area contributed by atoms with Crippen LogP contribution in [0.4, 0.5) is 0 Å². The van der Waals surface area contributed by atoms with E-state index in [9.17, 15) is 9.90 Å². The monoisotopic (exact) mass is 503 g/mol. The number of benzene rings is 1. The molecule has 7 nitrogen and oxygen atoms in total. The van der Waals surface area contributed by atoms with Crippen molar-refractivity contribution in [2.45, 2.75) is 26.7 Å². The maximum Gasteiger partial charge on any atom is 2.00 e. The number of carboxylic acid groups (broad SMARTS) is 1. The summed E-state index contributed by atoms with van der Waals surface area (Å²) in [5.41, 5.74) is 0.460. The van der Waals surface area contributed by atoms with Crippen LogP contribution in [0.5, 0.6) is 5.75 Å². The summed E-state index contributed by atoms with van der Waals surface area (Å²) in [5.74, 6) is -0.821. The van der Waals surface area contributed by atoms with Gasteiger partial charge < -0.3 is 19.2 Å². The first-order chi connectivity index (χ1) is 12.0. The van der Waals surface area contributed by atoms with Gasteiger partial charge in [0.25, 0.3) is 0 Å². The number of rotatable bonds is 2. The Morgan fingerprint density at radius 1 is 1.19 bits per heavy atom. The van der Waals surface area contributed by atoms with Crippen LogP contribution in [-0.2, 0) is 10.1 Å². The second-order valence-electron chi connectivity index (χ2n) is 4.72. The van der Waals surface area contributed by atoms with Gasteiger partial charge in [-0.25, -0.2) is 13.4 Å². The maximum atomic E-state index is 10.7. The van der Waals surface area contributed by atoms with Gasteiger partial charge in [-0.1, -0.05) is 52.7 Å². The molecular formula is C18H25NO6SSn. The second kappa shape index (κ2) is 16.8. The Labute approximate surface area is 178 Å². The minimum atomic E-state index is -3.92. The smallest absolute Gasteiger partial charge is 0.748 e. The van der Waals surface area contributed by atoms with Crippen LogP contribution in [0.2, 0.25) is 0 Å². The van der Waals surface area contributed by atoms with Crippen molar-refractivity contribution in [1.82, 2.24) is 4.98 Å². The van der Waals surface area contributed by atoms with Gasteiger partial charge in [0, 0.05) is 17.7 Å². The van der Waals surface area contributed by atoms with Gasteiger partial charge in [-0.2, -0.15) is 0 Å². The zero-order valence-electron chi connectivity index (χ0n) is 16.0. The number of fused-ring (bicyclic) bond motifs is 1. The molecule has 0 saturated heterocycles. The van der Waals surface area contributed by atoms with Crippen LogP contribution in [0.25, 0.3) is 10.9 Å². The van der Waals surface area contributed by atoms with Crippen LogP contribution in [0, 0.1) is 13.8 Å². The molecule has 0 aliphatic rings. The number of hydrogen-bond donors (Lipinski definition) is 0. The Morgan fingerprint density at radius 3 is 1.96 bits per heavy atom. The number of pyridine rings is 1. The molecule has 27 heavy (non-hydrogen) atoms. The zero-order chi connectivity index (χ0) is 20.8. The molecule has 1 aromatic carbocycles. The molecular weight excluding hydrogens is 477 g/mol. The summed E-state index contributed by atoms with van der Waals surface area (Å²) >= 11 is 0. The largest absolute Gasteiger partial charge is 2.00 e. The molecule has 2 rings (SSSR count). The molecule has 2 aromatic rings. The number of carbonyl (C=O) groups is 1. The molecule has 0 spiro atoms. The number of methoxy groups -OCH3 is 1. The fourth-order valence-electron chi connectivity index (χ4n) is 1.42. The van der Waals surface area contributed by atoms with Gasteiger partial charge in [-0.15, -0.1) is 0 Å². The minimum Gasteiger partial charge on any atom is -0.748 e. The number of ether oxygens (including phenoxy) is 1. The molecule has 0 aliphatic heterocycles. The normalized spacial score (nSPS) is 9.15. The van der Waals surface area contributed by atoms with Crippen LogP contribution in [-0.4, -0.2) is 61.2 Å². The molecule has 0 unspecified atom stereocenters. The molecule has 1 aromatic heterocycles. The van der Waals surface area contributed by atoms with Crippen molar-refractivity contribution in [2.75, 3.05) is 13.4 Å². The molecule has 0 saturated carbocycles. The molecule has 0 amide bonds. The molecule has 148 valence electrons. The number of nitrogens with zero attached hydrogens (tertiary/aromatic N) is 1. The Kier molecular flexibility index (Phi) is 18.8. The van der Waals surface area contributed by atoms with Gasteiger partial charge >= 0.3 is 23.9 Å². The molecule has 9 heteroatoms. The predicted molar refractivity (Wildman–Crippen MR) is 105 cm³/mol. The van der Waals surface area contributed by atoms with E-state index in [4.69, 9.17) is 17.7 Å². The van der Waals surface area contributed by atoms with E-state index in [1.807, 2.05) is 26.0 Å². The van der Waals surface area contributed by atoms with Crippen molar-refractivity contribution >= 4 is 50.9 Å². The van der Waals surface area contributed by atoms with Crippen LogP contribution in [0.15, 0.2) is 30.3 Å². The second-order valence-corrected chi connectivity index (χ2v) is 6.13. The van der Waals surface area contributed by atoms with E-state index in [1.165, 1.54) is 13.2 Å². The number of hydrogen-bond acceptors (Lipinski definition) is 7. The summed E-state index contributed by atoms with van der Waals surface area (Å²) in [4.78, 5) is 14.6. The summed E-state index contributed by atoms with van der Waals surface area (Å²) in [5, 5.41) is 11.5. The Bertz CT molecular complexity index is 756. The van der Waals surface area contributed by atoms with Crippen molar-refractivity contribution < 1.29 is 27.6 Å². The van der Waals surface area contributed by atoms with Crippen molar-refractivity contribution in [3.05, 3.63) is 49.9 Å². The van der Waals surface area contributed by atoms with Crippen molar-refractivity contribution in [1.29, 1.82) is 0 Å². The zero-order valence-corrected chi connectivity index (χ0v) is 19.7. The van der Waals surface area contributed by atoms with E-state index in [0.717, 1.165) is 18.2 Å². The van der Waals surface area contributed by atoms with Crippen molar-refractivity contribution in [3.63, 3.8) is 0 Å². The SMILES string of the molecule is COc1cc(C(=O)[O-])nc2ccccc12.CS(=O)(=O)[O-].[CH2]CC.[CH2]CC.[Sn+2]. The van der Waals surface area contributed by atoms with Crippen molar-refractivity contribution in [2.24, 2.45) is 0 Å². The summed E-state index contributed by atoms with van der Waals surface area (Å²) in [6.07, 6.45) is 2.60. The first-order valence-corrected chi connectivity index (χ1v) is 9.51. The quantitative estimate of drug-likeness (QED) is 0.454. The fraction of sp³-hybridized carbons (Fsp3) is 0.333. The summed E-state index contributed by atoms with van der Waals surface area (Å²) in [7, 11) is -2.43. The Morgan fingerprint density at radius 2 is 1.59 bits per heavy atom. The molecule has 0 aliphatic carbocycles. The van der Waals surface area contributed by atoms with Crippen LogP contribution < -0.4 is 9.84 Å². The van der Waals surface area contributed by atoms with E-state index in [1.54, 1.807) is 12.1 Å². The fourth-order valence-corrected chi connectivity index (χ4v) is 1.42. The molecule has 0 bridgehead atoms. The van der Waals surface area contributed by atoms with E-state index in [0.29, 0.717) is 17.5 Å². The van der Waals surface area contributed by atoms with Gasteiger partial charge in [0.05, 0.1) is 34.4 Å². The number of carboxylic acids is 1. The van der Waals surface area contributed by atoms with E-state index in [-0.39, 0.29) is 29.6 Å². The number of para-hydroxylation sites is 1. The minimum absolute atomic E-state index is 0. The van der Waals surface area contributed by atoms with Gasteiger partial charge in [-0.05, 0) is 12.1 Å².